The van der Waals surface area contributed by atoms with E-state index in [2.05, 4.69) is 20.2 Å². The minimum atomic E-state index is 0.00953. The van der Waals surface area contributed by atoms with Gasteiger partial charge in [0.2, 0.25) is 11.7 Å². The van der Waals surface area contributed by atoms with Crippen LogP contribution in [0.4, 0.5) is 17.6 Å². The van der Waals surface area contributed by atoms with Gasteiger partial charge in [-0.15, -0.1) is 0 Å². The molecule has 2 N–H and O–H groups in total. The first-order chi connectivity index (χ1) is 16.6. The van der Waals surface area contributed by atoms with E-state index in [-0.39, 0.29) is 12.6 Å². The van der Waals surface area contributed by atoms with Crippen molar-refractivity contribution in [2.45, 2.75) is 18.9 Å². The molecule has 1 aromatic carbocycles. The molecule has 0 saturated carbocycles. The minimum absolute atomic E-state index is 0.00953. The number of aromatic nitrogens is 4. The molecule has 1 aliphatic heterocycles. The normalized spacial score (nSPS) is 15.6. The second-order valence-corrected chi connectivity index (χ2v) is 7.85. The lowest BCUT2D eigenvalue weighted by atomic mass is 10.2. The Morgan fingerprint density at radius 1 is 1.15 bits per heavy atom. The summed E-state index contributed by atoms with van der Waals surface area (Å²) in [5, 5.41) is 13.0. The van der Waals surface area contributed by atoms with Gasteiger partial charge in [0.25, 0.3) is 0 Å². The van der Waals surface area contributed by atoms with Crippen molar-refractivity contribution >= 4 is 28.7 Å². The maximum Gasteiger partial charge on any atom is 0.231 e. The van der Waals surface area contributed by atoms with Crippen LogP contribution in [0.2, 0.25) is 0 Å². The van der Waals surface area contributed by atoms with Crippen molar-refractivity contribution < 1.29 is 23.7 Å². The maximum absolute atomic E-state index is 9.77. The van der Waals surface area contributed by atoms with E-state index in [1.54, 1.807) is 40.0 Å². The number of furan rings is 1. The number of ether oxygens (including phenoxy) is 3. The Morgan fingerprint density at radius 3 is 2.65 bits per heavy atom. The van der Waals surface area contributed by atoms with Crippen molar-refractivity contribution in [3.8, 4) is 22.9 Å². The molecule has 1 saturated heterocycles. The molecule has 5 rings (SSSR count). The summed E-state index contributed by atoms with van der Waals surface area (Å²) in [6.07, 6.45) is 6.97. The number of methoxy groups -OCH3 is 3. The Labute approximate surface area is 195 Å². The predicted octanol–water partition coefficient (Wildman–Crippen LogP) is 3.14. The number of fused-ring (bicyclic) bond motifs is 1. The van der Waals surface area contributed by atoms with Gasteiger partial charge in [-0.05, 0) is 12.8 Å². The van der Waals surface area contributed by atoms with E-state index < -0.39 is 0 Å². The van der Waals surface area contributed by atoms with Crippen molar-refractivity contribution in [3.63, 3.8) is 0 Å². The molecule has 0 radical (unpaired) electrons. The van der Waals surface area contributed by atoms with Gasteiger partial charge in [-0.25, -0.2) is 9.97 Å². The van der Waals surface area contributed by atoms with Crippen molar-refractivity contribution in [1.29, 1.82) is 0 Å². The number of hydrogen-bond donors (Lipinski definition) is 2. The van der Waals surface area contributed by atoms with Crippen LogP contribution in [0.1, 0.15) is 12.8 Å². The van der Waals surface area contributed by atoms with Gasteiger partial charge < -0.3 is 38.5 Å². The highest BCUT2D eigenvalue weighted by molar-refractivity contribution is 5.86. The standard InChI is InChI=1S/C23H26N6O5/c1-31-17-9-15(10-18(32-2)21(17)33-3)28-11-19(24-13-28)26-23-25-16-6-8-34-20(16)22(27-23)29-7-4-5-14(29)12-30/h6,8-11,13-14,30H,4-5,7,12H2,1-3H3,(H,25,26,27)/t14-/m0/s1. The van der Waals surface area contributed by atoms with Gasteiger partial charge in [0.05, 0.1) is 52.1 Å². The number of benzene rings is 1. The Morgan fingerprint density at radius 2 is 1.94 bits per heavy atom. The third-order valence-corrected chi connectivity index (χ3v) is 5.92. The summed E-state index contributed by atoms with van der Waals surface area (Å²) >= 11 is 0. The third kappa shape index (κ3) is 3.83. The molecule has 1 atom stereocenters. The molecule has 178 valence electrons. The number of aliphatic hydroxyl groups is 1. The van der Waals surface area contributed by atoms with Gasteiger partial charge in [0.15, 0.2) is 28.7 Å². The van der Waals surface area contributed by atoms with E-state index in [4.69, 9.17) is 23.6 Å². The molecule has 34 heavy (non-hydrogen) atoms. The average molecular weight is 466 g/mol. The second-order valence-electron chi connectivity index (χ2n) is 7.85. The Balaban J connectivity index is 1.46. The van der Waals surface area contributed by atoms with Crippen LogP contribution in [-0.4, -0.2) is 65.1 Å². The van der Waals surface area contributed by atoms with E-state index in [0.717, 1.165) is 25.1 Å². The van der Waals surface area contributed by atoms with Gasteiger partial charge in [-0.2, -0.15) is 4.98 Å². The van der Waals surface area contributed by atoms with Crippen LogP contribution in [0.15, 0.2) is 41.4 Å². The molecule has 0 spiro atoms. The number of nitrogens with one attached hydrogen (secondary N) is 1. The summed E-state index contributed by atoms with van der Waals surface area (Å²) in [4.78, 5) is 15.8. The molecule has 0 amide bonds. The topological polar surface area (TPSA) is 120 Å². The lowest BCUT2D eigenvalue weighted by Crippen LogP contribution is -2.33. The molecular formula is C23H26N6O5. The highest BCUT2D eigenvalue weighted by atomic mass is 16.5. The van der Waals surface area contributed by atoms with Gasteiger partial charge in [0, 0.05) is 24.7 Å². The summed E-state index contributed by atoms with van der Waals surface area (Å²) in [7, 11) is 4.71. The summed E-state index contributed by atoms with van der Waals surface area (Å²) < 4.78 is 23.8. The zero-order valence-electron chi connectivity index (χ0n) is 19.2. The molecule has 1 aliphatic rings. The predicted molar refractivity (Wildman–Crippen MR) is 126 cm³/mol. The van der Waals surface area contributed by atoms with Gasteiger partial charge in [-0.3, -0.25) is 0 Å². The Bertz CT molecular complexity index is 1280. The Kier molecular flexibility index (Phi) is 5.84. The molecule has 1 fully saturated rings. The highest BCUT2D eigenvalue weighted by Crippen LogP contribution is 2.39. The lowest BCUT2D eigenvalue weighted by Gasteiger charge is -2.24. The van der Waals surface area contributed by atoms with Crippen molar-refractivity contribution in [3.05, 3.63) is 37.0 Å². The van der Waals surface area contributed by atoms with Crippen molar-refractivity contribution in [2.24, 2.45) is 0 Å². The fourth-order valence-electron chi connectivity index (χ4n) is 4.26. The number of anilines is 3. The maximum atomic E-state index is 9.77. The van der Waals surface area contributed by atoms with Crippen LogP contribution in [0.25, 0.3) is 16.8 Å². The van der Waals surface area contributed by atoms with Crippen molar-refractivity contribution in [2.75, 3.05) is 44.7 Å². The number of hydrogen-bond acceptors (Lipinski definition) is 10. The molecule has 11 nitrogen and oxygen atoms in total. The molecule has 4 heterocycles. The molecule has 4 aromatic rings. The van der Waals surface area contributed by atoms with Crippen LogP contribution in [0, 0.1) is 0 Å². The van der Waals surface area contributed by atoms with E-state index in [1.165, 1.54) is 0 Å². The van der Waals surface area contributed by atoms with Gasteiger partial charge in [-0.1, -0.05) is 0 Å². The monoisotopic (exact) mass is 466 g/mol. The molecule has 0 bridgehead atoms. The van der Waals surface area contributed by atoms with Crippen LogP contribution in [0.3, 0.4) is 0 Å². The van der Waals surface area contributed by atoms with Crippen molar-refractivity contribution in [1.82, 2.24) is 19.5 Å². The van der Waals surface area contributed by atoms with Crippen LogP contribution >= 0.6 is 0 Å². The first kappa shape index (κ1) is 21.8. The zero-order chi connectivity index (χ0) is 23.7. The summed E-state index contributed by atoms with van der Waals surface area (Å²) in [5.41, 5.74) is 2.07. The largest absolute Gasteiger partial charge is 0.493 e. The molecule has 0 aliphatic carbocycles. The van der Waals surface area contributed by atoms with Crippen LogP contribution in [0.5, 0.6) is 17.2 Å². The Hall–Kier alpha value is -3.99. The molecule has 11 heteroatoms. The minimum Gasteiger partial charge on any atom is -0.493 e. The quantitative estimate of drug-likeness (QED) is 0.401. The SMILES string of the molecule is COc1cc(-n2cnc(Nc3nc(N4CCC[C@H]4CO)c4occc4n3)c2)cc(OC)c1OC. The van der Waals surface area contributed by atoms with Gasteiger partial charge in [0.1, 0.15) is 11.8 Å². The first-order valence-corrected chi connectivity index (χ1v) is 10.9. The third-order valence-electron chi connectivity index (χ3n) is 5.92. The highest BCUT2D eigenvalue weighted by Gasteiger charge is 2.28. The zero-order valence-corrected chi connectivity index (χ0v) is 19.2. The smallest absolute Gasteiger partial charge is 0.231 e. The first-order valence-electron chi connectivity index (χ1n) is 10.9. The molecule has 3 aromatic heterocycles. The van der Waals surface area contributed by atoms with E-state index in [0.29, 0.717) is 45.9 Å². The van der Waals surface area contributed by atoms with Crippen LogP contribution < -0.4 is 24.4 Å². The number of nitrogens with zero attached hydrogens (tertiary/aromatic N) is 5. The number of rotatable bonds is 8. The van der Waals surface area contributed by atoms with E-state index in [9.17, 15) is 5.11 Å². The number of aliphatic hydroxyl groups excluding tert-OH is 1. The van der Waals surface area contributed by atoms with E-state index in [1.807, 2.05) is 22.9 Å². The van der Waals surface area contributed by atoms with Gasteiger partial charge >= 0.3 is 0 Å². The van der Waals surface area contributed by atoms with E-state index >= 15 is 0 Å². The fraction of sp³-hybridized carbons (Fsp3) is 0.348. The fourth-order valence-corrected chi connectivity index (χ4v) is 4.26. The second kappa shape index (κ2) is 9.10. The average Bonchev–Trinajstić information content (AvgIpc) is 3.63. The lowest BCUT2D eigenvalue weighted by molar-refractivity contribution is 0.266. The van der Waals surface area contributed by atoms with Crippen LogP contribution in [-0.2, 0) is 0 Å². The number of imidazole rings is 1. The summed E-state index contributed by atoms with van der Waals surface area (Å²) in [6, 6.07) is 5.47. The summed E-state index contributed by atoms with van der Waals surface area (Å²) in [5.74, 6) is 3.22. The molecule has 0 unspecified atom stereocenters. The molecular weight excluding hydrogens is 440 g/mol. The summed E-state index contributed by atoms with van der Waals surface area (Å²) in [6.45, 7) is 0.863.